The van der Waals surface area contributed by atoms with Gasteiger partial charge in [-0.2, -0.15) is 5.10 Å². The first-order valence-electron chi connectivity index (χ1n) is 7.49. The number of amides is 1. The molecular weight excluding hydrogens is 508 g/mol. The second-order valence-corrected chi connectivity index (χ2v) is 11.3. The van der Waals surface area contributed by atoms with Gasteiger partial charge in [-0.1, -0.05) is 58.6 Å². The third-order valence-electron chi connectivity index (χ3n) is 2.97. The lowest BCUT2D eigenvalue weighted by Gasteiger charge is -1.98. The molecule has 0 fully saturated rings. The Hall–Kier alpha value is -0.910. The molecule has 0 aliphatic rings. The van der Waals surface area contributed by atoms with Crippen LogP contribution in [0, 0.1) is 0 Å². The molecule has 1 amide bonds. The van der Waals surface area contributed by atoms with Gasteiger partial charge < -0.3 is 0 Å². The number of benzene rings is 1. The number of hydrogen-bond acceptors (Lipinski definition) is 8. The van der Waals surface area contributed by atoms with Crippen molar-refractivity contribution in [3.8, 4) is 0 Å². The average molecular weight is 520 g/mol. The number of hydrogen-bond donors (Lipinski definition) is 1. The van der Waals surface area contributed by atoms with Gasteiger partial charge in [-0.15, -0.1) is 21.5 Å². The van der Waals surface area contributed by atoms with Crippen molar-refractivity contribution in [2.75, 3.05) is 5.75 Å². The normalized spacial score (nSPS) is 11.2. The number of hydrazone groups is 1. The number of nitrogens with one attached hydrogen (secondary N) is 1. The molecule has 0 radical (unpaired) electrons. The average Bonchev–Trinajstić information content (AvgIpc) is 3.28. The van der Waals surface area contributed by atoms with Crippen molar-refractivity contribution in [3.63, 3.8) is 0 Å². The zero-order chi connectivity index (χ0) is 19.1. The molecule has 0 saturated heterocycles. The maximum absolute atomic E-state index is 11.8. The minimum atomic E-state index is -0.183. The van der Waals surface area contributed by atoms with Crippen LogP contribution in [0.3, 0.4) is 0 Å². The van der Waals surface area contributed by atoms with Crippen molar-refractivity contribution in [1.82, 2.24) is 15.6 Å². The number of thiophene rings is 1. The van der Waals surface area contributed by atoms with E-state index in [0.29, 0.717) is 0 Å². The molecule has 0 spiro atoms. The van der Waals surface area contributed by atoms with Crippen molar-refractivity contribution >= 4 is 85.9 Å². The molecule has 140 valence electrons. The first-order chi connectivity index (χ1) is 13.1. The van der Waals surface area contributed by atoms with Crippen LogP contribution in [0.4, 0.5) is 0 Å². The molecule has 0 saturated carbocycles. The summed E-state index contributed by atoms with van der Waals surface area (Å²) in [4.78, 5) is 12.8. The van der Waals surface area contributed by atoms with Crippen molar-refractivity contribution in [2.24, 2.45) is 5.10 Å². The Kier molecular flexibility index (Phi) is 8.16. The number of carbonyl (C=O) groups is 1. The fraction of sp³-hybridized carbons (Fsp3) is 0.125. The van der Waals surface area contributed by atoms with Gasteiger partial charge in [0, 0.05) is 15.7 Å². The Morgan fingerprint density at radius 2 is 1.89 bits per heavy atom. The minimum absolute atomic E-state index is 0.183. The highest BCUT2D eigenvalue weighted by Gasteiger charge is 2.08. The Bertz CT molecular complexity index is 929. The summed E-state index contributed by atoms with van der Waals surface area (Å²) < 4.78 is 2.65. The van der Waals surface area contributed by atoms with Gasteiger partial charge in [0.1, 0.15) is 0 Å². The van der Waals surface area contributed by atoms with Gasteiger partial charge in [0.2, 0.25) is 0 Å². The fourth-order valence-corrected chi connectivity index (χ4v) is 5.95. The van der Waals surface area contributed by atoms with Crippen LogP contribution in [-0.2, 0) is 10.5 Å². The van der Waals surface area contributed by atoms with E-state index in [2.05, 4.69) is 36.7 Å². The van der Waals surface area contributed by atoms with Gasteiger partial charge in [-0.05, 0) is 45.8 Å². The van der Waals surface area contributed by atoms with Crippen LogP contribution in [0.5, 0.6) is 0 Å². The molecule has 27 heavy (non-hydrogen) atoms. The van der Waals surface area contributed by atoms with E-state index in [-0.39, 0.29) is 11.7 Å². The minimum Gasteiger partial charge on any atom is -0.272 e. The summed E-state index contributed by atoms with van der Waals surface area (Å²) in [6, 6.07) is 11.6. The summed E-state index contributed by atoms with van der Waals surface area (Å²) >= 11 is 15.2. The summed E-state index contributed by atoms with van der Waals surface area (Å²) in [5.41, 5.74) is 3.68. The van der Waals surface area contributed by atoms with Gasteiger partial charge >= 0.3 is 0 Å². The third-order valence-corrected chi connectivity index (χ3v) is 8.04. The number of carbonyl (C=O) groups excluding carboxylic acids is 1. The quantitative estimate of drug-likeness (QED) is 0.240. The summed E-state index contributed by atoms with van der Waals surface area (Å²) in [7, 11) is 0. The smallest absolute Gasteiger partial charge is 0.250 e. The molecule has 2 heterocycles. The molecular formula is C16H12BrClN4OS4. The number of thioether (sulfide) groups is 2. The Labute approximate surface area is 186 Å². The van der Waals surface area contributed by atoms with Crippen LogP contribution in [0.25, 0.3) is 0 Å². The van der Waals surface area contributed by atoms with Crippen LogP contribution in [0.1, 0.15) is 10.4 Å². The summed E-state index contributed by atoms with van der Waals surface area (Å²) in [5, 5.41) is 12.9. The zero-order valence-electron chi connectivity index (χ0n) is 13.6. The maximum atomic E-state index is 11.8. The maximum Gasteiger partial charge on any atom is 0.250 e. The number of aromatic nitrogens is 2. The molecule has 3 rings (SSSR count). The summed E-state index contributed by atoms with van der Waals surface area (Å²) in [6.07, 6.45) is 1.62. The van der Waals surface area contributed by atoms with Crippen molar-refractivity contribution in [2.45, 2.75) is 14.4 Å². The van der Waals surface area contributed by atoms with E-state index < -0.39 is 0 Å². The van der Waals surface area contributed by atoms with Crippen LogP contribution in [0.15, 0.2) is 54.0 Å². The Morgan fingerprint density at radius 3 is 2.59 bits per heavy atom. The van der Waals surface area contributed by atoms with E-state index >= 15 is 0 Å². The second-order valence-electron chi connectivity index (χ2n) is 4.97. The van der Waals surface area contributed by atoms with Gasteiger partial charge in [-0.25, -0.2) is 5.43 Å². The van der Waals surface area contributed by atoms with Crippen LogP contribution in [-0.4, -0.2) is 28.1 Å². The lowest BCUT2D eigenvalue weighted by atomic mass is 10.2. The van der Waals surface area contributed by atoms with Gasteiger partial charge in [-0.3, -0.25) is 4.79 Å². The van der Waals surface area contributed by atoms with E-state index in [4.69, 9.17) is 11.6 Å². The van der Waals surface area contributed by atoms with E-state index in [1.165, 1.54) is 28.7 Å². The predicted molar refractivity (Wildman–Crippen MR) is 119 cm³/mol. The zero-order valence-corrected chi connectivity index (χ0v) is 19.2. The monoisotopic (exact) mass is 518 g/mol. The molecule has 0 bridgehead atoms. The molecule has 0 unspecified atom stereocenters. The molecule has 0 aliphatic heterocycles. The van der Waals surface area contributed by atoms with Crippen molar-refractivity contribution in [3.05, 3.63) is 55.6 Å². The molecule has 11 heteroatoms. The first-order valence-corrected chi connectivity index (χ1v) is 12.3. The van der Waals surface area contributed by atoms with Crippen LogP contribution < -0.4 is 5.43 Å². The molecule has 2 aromatic heterocycles. The number of nitrogens with zero attached hydrogens (tertiary/aromatic N) is 3. The molecule has 1 aromatic carbocycles. The van der Waals surface area contributed by atoms with Crippen molar-refractivity contribution in [1.29, 1.82) is 0 Å². The highest BCUT2D eigenvalue weighted by atomic mass is 79.9. The third kappa shape index (κ3) is 7.20. The van der Waals surface area contributed by atoms with E-state index in [1.54, 1.807) is 29.3 Å². The lowest BCUT2D eigenvalue weighted by Crippen LogP contribution is -2.19. The molecule has 0 atom stereocenters. The second kappa shape index (κ2) is 10.6. The van der Waals surface area contributed by atoms with E-state index in [0.717, 1.165) is 28.1 Å². The van der Waals surface area contributed by atoms with Crippen LogP contribution in [0.2, 0.25) is 5.02 Å². The van der Waals surface area contributed by atoms with E-state index in [9.17, 15) is 4.79 Å². The summed E-state index contributed by atoms with van der Waals surface area (Å²) in [5.74, 6) is 0.851. The summed E-state index contributed by atoms with van der Waals surface area (Å²) in [6.45, 7) is 0. The standard InChI is InChI=1S/C16H12BrClN4OS4/c17-13-6-5-12(26-13)7-19-20-14(23)9-25-16-22-21-15(27-16)24-8-10-1-3-11(18)4-2-10/h1-7H,8-9H2,(H,20,23)/b19-7+. The van der Waals surface area contributed by atoms with E-state index in [1.807, 2.05) is 36.4 Å². The fourth-order valence-electron chi connectivity index (χ4n) is 1.76. The molecule has 3 aromatic rings. The molecule has 1 N–H and O–H groups in total. The van der Waals surface area contributed by atoms with Crippen LogP contribution >= 0.6 is 73.7 Å². The molecule has 5 nitrogen and oxygen atoms in total. The van der Waals surface area contributed by atoms with Crippen molar-refractivity contribution < 1.29 is 4.79 Å². The lowest BCUT2D eigenvalue weighted by molar-refractivity contribution is -0.118. The number of rotatable bonds is 8. The Balaban J connectivity index is 1.40. The highest BCUT2D eigenvalue weighted by Crippen LogP contribution is 2.30. The highest BCUT2D eigenvalue weighted by molar-refractivity contribution is 9.11. The SMILES string of the molecule is O=C(CSc1nnc(SCc2ccc(Cl)cc2)s1)N/N=C/c1ccc(Br)s1. The van der Waals surface area contributed by atoms with Gasteiger partial charge in [0.15, 0.2) is 8.68 Å². The number of halogens is 2. The van der Waals surface area contributed by atoms with Gasteiger partial charge in [0.25, 0.3) is 5.91 Å². The predicted octanol–water partition coefficient (Wildman–Crippen LogP) is 5.55. The Morgan fingerprint density at radius 1 is 1.15 bits per heavy atom. The van der Waals surface area contributed by atoms with Gasteiger partial charge in [0.05, 0.1) is 15.8 Å². The first kappa shape index (κ1) is 20.8. The molecule has 0 aliphatic carbocycles. The largest absolute Gasteiger partial charge is 0.272 e. The topological polar surface area (TPSA) is 67.2 Å².